The molecule has 2 aliphatic heterocycles. The van der Waals surface area contributed by atoms with Gasteiger partial charge in [-0.15, -0.1) is 12.4 Å². The molecule has 2 N–H and O–H groups in total. The Bertz CT molecular complexity index is 477. The number of benzene rings is 1. The van der Waals surface area contributed by atoms with Crippen molar-refractivity contribution in [3.05, 3.63) is 35.9 Å². The second-order valence-corrected chi connectivity index (χ2v) is 6.14. The minimum Gasteiger partial charge on any atom is -0.381 e. The fraction of sp³-hybridized carbons (Fsp3) is 0.588. The van der Waals surface area contributed by atoms with Gasteiger partial charge in [-0.3, -0.25) is 4.79 Å². The van der Waals surface area contributed by atoms with Crippen molar-refractivity contribution in [1.82, 2.24) is 4.90 Å². The van der Waals surface area contributed by atoms with Crippen LogP contribution in [0.4, 0.5) is 0 Å². The molecule has 22 heavy (non-hydrogen) atoms. The van der Waals surface area contributed by atoms with Crippen molar-refractivity contribution < 1.29 is 9.53 Å². The van der Waals surface area contributed by atoms with E-state index in [-0.39, 0.29) is 18.3 Å². The molecule has 3 rings (SSSR count). The van der Waals surface area contributed by atoms with Crippen LogP contribution >= 0.6 is 12.4 Å². The zero-order chi connectivity index (χ0) is 14.7. The van der Waals surface area contributed by atoms with Crippen molar-refractivity contribution >= 4 is 18.3 Å². The summed E-state index contributed by atoms with van der Waals surface area (Å²) in [5, 5.41) is 0. The highest BCUT2D eigenvalue weighted by atomic mass is 35.5. The molecule has 2 saturated heterocycles. The number of carbonyl (C=O) groups excluding carboxylic acids is 1. The highest BCUT2D eigenvalue weighted by molar-refractivity contribution is 5.85. The van der Waals surface area contributed by atoms with Crippen molar-refractivity contribution in [3.63, 3.8) is 0 Å². The quantitative estimate of drug-likeness (QED) is 0.925. The van der Waals surface area contributed by atoms with E-state index in [1.54, 1.807) is 0 Å². The molecule has 0 spiro atoms. The Morgan fingerprint density at radius 2 is 1.86 bits per heavy atom. The monoisotopic (exact) mass is 324 g/mol. The van der Waals surface area contributed by atoms with Gasteiger partial charge in [0.05, 0.1) is 0 Å². The molecular formula is C17H25ClN2O2. The van der Waals surface area contributed by atoms with Gasteiger partial charge in [-0.25, -0.2) is 0 Å². The molecule has 0 aliphatic carbocycles. The van der Waals surface area contributed by atoms with Crippen LogP contribution in [-0.4, -0.2) is 43.7 Å². The van der Waals surface area contributed by atoms with Gasteiger partial charge in [0.15, 0.2) is 0 Å². The van der Waals surface area contributed by atoms with Gasteiger partial charge in [-0.2, -0.15) is 0 Å². The predicted molar refractivity (Wildman–Crippen MR) is 89.1 cm³/mol. The van der Waals surface area contributed by atoms with Gasteiger partial charge in [0, 0.05) is 38.1 Å². The van der Waals surface area contributed by atoms with Gasteiger partial charge >= 0.3 is 0 Å². The average Bonchev–Trinajstić information content (AvgIpc) is 3.00. The number of likely N-dealkylation sites (tertiary alicyclic amines) is 1. The Hall–Kier alpha value is -1.10. The van der Waals surface area contributed by atoms with Crippen LogP contribution in [0.5, 0.6) is 0 Å². The lowest BCUT2D eigenvalue weighted by Gasteiger charge is -2.26. The van der Waals surface area contributed by atoms with Crippen LogP contribution in [0.25, 0.3) is 0 Å². The van der Waals surface area contributed by atoms with Crippen molar-refractivity contribution in [2.75, 3.05) is 32.8 Å². The van der Waals surface area contributed by atoms with Crippen LogP contribution in [0.1, 0.15) is 24.3 Å². The topological polar surface area (TPSA) is 55.6 Å². The molecule has 2 aliphatic rings. The standard InChI is InChI=1S/C17H24N2O2.ClH/c18-10-15-11-19(17(20)14-6-8-21-9-7-14)12-16(15)13-4-2-1-3-5-13;/h1-5,14-16H,6-12,18H2;1H/t15-,16+;/m1./s1. The molecule has 1 aromatic carbocycles. The molecule has 0 saturated carbocycles. The largest absolute Gasteiger partial charge is 0.381 e. The van der Waals surface area contributed by atoms with E-state index in [9.17, 15) is 4.79 Å². The van der Waals surface area contributed by atoms with E-state index in [4.69, 9.17) is 10.5 Å². The summed E-state index contributed by atoms with van der Waals surface area (Å²) >= 11 is 0. The molecular weight excluding hydrogens is 300 g/mol. The van der Waals surface area contributed by atoms with Gasteiger partial charge in [0.1, 0.15) is 0 Å². The van der Waals surface area contributed by atoms with E-state index >= 15 is 0 Å². The fourth-order valence-electron chi connectivity index (χ4n) is 3.57. The zero-order valence-corrected chi connectivity index (χ0v) is 13.6. The minimum atomic E-state index is 0. The summed E-state index contributed by atoms with van der Waals surface area (Å²) in [6, 6.07) is 10.4. The van der Waals surface area contributed by atoms with Gasteiger partial charge in [0.2, 0.25) is 5.91 Å². The third kappa shape index (κ3) is 3.62. The molecule has 0 aromatic heterocycles. The number of rotatable bonds is 3. The molecule has 1 amide bonds. The lowest BCUT2D eigenvalue weighted by atomic mass is 9.89. The fourth-order valence-corrected chi connectivity index (χ4v) is 3.57. The van der Waals surface area contributed by atoms with Crippen molar-refractivity contribution in [3.8, 4) is 0 Å². The van der Waals surface area contributed by atoms with Crippen LogP contribution < -0.4 is 5.73 Å². The third-order valence-electron chi connectivity index (χ3n) is 4.85. The number of nitrogens with two attached hydrogens (primary N) is 1. The lowest BCUT2D eigenvalue weighted by molar-refractivity contribution is -0.137. The first-order chi connectivity index (χ1) is 10.3. The van der Waals surface area contributed by atoms with Crippen LogP contribution in [-0.2, 0) is 9.53 Å². The highest BCUT2D eigenvalue weighted by Crippen LogP contribution is 2.33. The normalized spacial score (nSPS) is 25.8. The molecule has 2 heterocycles. The number of hydrogen-bond acceptors (Lipinski definition) is 3. The summed E-state index contributed by atoms with van der Waals surface area (Å²) in [6.45, 7) is 3.67. The molecule has 1 aromatic rings. The number of ether oxygens (including phenoxy) is 1. The lowest BCUT2D eigenvalue weighted by Crippen LogP contribution is -2.37. The van der Waals surface area contributed by atoms with Gasteiger partial charge in [0.25, 0.3) is 0 Å². The Kier molecular flexibility index (Phi) is 6.24. The van der Waals surface area contributed by atoms with E-state index < -0.39 is 0 Å². The molecule has 4 nitrogen and oxygen atoms in total. The molecule has 0 radical (unpaired) electrons. The maximum Gasteiger partial charge on any atom is 0.225 e. The molecule has 2 atom stereocenters. The predicted octanol–water partition coefficient (Wildman–Crippen LogP) is 2.04. The number of nitrogens with zero attached hydrogens (tertiary/aromatic N) is 1. The number of carbonyl (C=O) groups is 1. The van der Waals surface area contributed by atoms with E-state index in [1.807, 2.05) is 11.0 Å². The van der Waals surface area contributed by atoms with E-state index in [1.165, 1.54) is 5.56 Å². The van der Waals surface area contributed by atoms with Crippen LogP contribution in [0.2, 0.25) is 0 Å². The maximum absolute atomic E-state index is 12.7. The molecule has 2 fully saturated rings. The van der Waals surface area contributed by atoms with Crippen LogP contribution in [0.3, 0.4) is 0 Å². The van der Waals surface area contributed by atoms with Crippen molar-refractivity contribution in [2.24, 2.45) is 17.6 Å². The first-order valence-corrected chi connectivity index (χ1v) is 7.91. The first kappa shape index (κ1) is 17.3. The Labute approximate surface area is 138 Å². The van der Waals surface area contributed by atoms with E-state index in [0.29, 0.717) is 37.5 Å². The second kappa shape index (κ2) is 7.95. The smallest absolute Gasteiger partial charge is 0.225 e. The van der Waals surface area contributed by atoms with Gasteiger partial charge in [-0.1, -0.05) is 30.3 Å². The summed E-state index contributed by atoms with van der Waals surface area (Å²) in [7, 11) is 0. The van der Waals surface area contributed by atoms with Crippen LogP contribution in [0.15, 0.2) is 30.3 Å². The van der Waals surface area contributed by atoms with E-state index in [2.05, 4.69) is 24.3 Å². The van der Waals surface area contributed by atoms with E-state index in [0.717, 1.165) is 25.9 Å². The maximum atomic E-state index is 12.7. The highest BCUT2D eigenvalue weighted by Gasteiger charge is 2.37. The van der Waals surface area contributed by atoms with Crippen LogP contribution in [0, 0.1) is 11.8 Å². The Balaban J connectivity index is 0.00000176. The van der Waals surface area contributed by atoms with Crippen molar-refractivity contribution in [1.29, 1.82) is 0 Å². The number of amides is 1. The second-order valence-electron chi connectivity index (χ2n) is 6.14. The zero-order valence-electron chi connectivity index (χ0n) is 12.8. The summed E-state index contributed by atoms with van der Waals surface area (Å²) in [5.41, 5.74) is 7.25. The molecule has 5 heteroatoms. The number of halogens is 1. The van der Waals surface area contributed by atoms with Gasteiger partial charge in [-0.05, 0) is 30.9 Å². The first-order valence-electron chi connectivity index (χ1n) is 7.91. The SMILES string of the molecule is Cl.NC[C@@H]1CN(C(=O)C2CCOCC2)C[C@H]1c1ccccc1. The molecule has 0 bridgehead atoms. The average molecular weight is 325 g/mol. The molecule has 122 valence electrons. The summed E-state index contributed by atoms with van der Waals surface area (Å²) in [6.07, 6.45) is 1.72. The summed E-state index contributed by atoms with van der Waals surface area (Å²) in [5.74, 6) is 1.19. The number of hydrogen-bond donors (Lipinski definition) is 1. The summed E-state index contributed by atoms with van der Waals surface area (Å²) < 4.78 is 5.35. The third-order valence-corrected chi connectivity index (χ3v) is 4.85. The molecule has 0 unspecified atom stereocenters. The minimum absolute atomic E-state index is 0. The summed E-state index contributed by atoms with van der Waals surface area (Å²) in [4.78, 5) is 14.7. The van der Waals surface area contributed by atoms with Gasteiger partial charge < -0.3 is 15.4 Å². The Morgan fingerprint density at radius 1 is 1.18 bits per heavy atom. The Morgan fingerprint density at radius 3 is 2.50 bits per heavy atom. The van der Waals surface area contributed by atoms with Crippen molar-refractivity contribution in [2.45, 2.75) is 18.8 Å².